The summed E-state index contributed by atoms with van der Waals surface area (Å²) in [5, 5.41) is 0. The smallest absolute Gasteiger partial charge is 0.199 e. The van der Waals surface area contributed by atoms with Crippen LogP contribution < -0.4 is 0 Å². The van der Waals surface area contributed by atoms with Crippen molar-refractivity contribution >= 4 is 15.6 Å². The lowest BCUT2D eigenvalue weighted by Gasteiger charge is -2.19. The monoisotopic (exact) mass is 215 g/mol. The molecule has 1 rings (SSSR count). The van der Waals surface area contributed by atoms with Gasteiger partial charge in [0.1, 0.15) is 4.75 Å². The summed E-state index contributed by atoms with van der Waals surface area (Å²) >= 11 is 0. The van der Waals surface area contributed by atoms with Crippen molar-refractivity contribution in [3.05, 3.63) is 24.0 Å². The van der Waals surface area contributed by atoms with Crippen LogP contribution in [0.15, 0.2) is 18.3 Å². The molecule has 4 nitrogen and oxygen atoms in total. The van der Waals surface area contributed by atoms with Crippen LogP contribution in [0.4, 0.5) is 0 Å². The summed E-state index contributed by atoms with van der Waals surface area (Å²) in [4.78, 5) is 14.5. The SMILES string of the molecule is CC(C)(C(=O)c1ccc[nH]1)S(C)(=O)=O. The molecular formula is C9H13NO3S. The second kappa shape index (κ2) is 3.24. The molecule has 0 unspecified atom stereocenters. The molecule has 1 aromatic heterocycles. The zero-order chi connectivity index (χ0) is 11.0. The van der Waals surface area contributed by atoms with Crippen LogP contribution in [-0.2, 0) is 9.84 Å². The Labute approximate surface area is 83.3 Å². The van der Waals surface area contributed by atoms with Crippen LogP contribution >= 0.6 is 0 Å². The quantitative estimate of drug-likeness (QED) is 0.765. The van der Waals surface area contributed by atoms with Crippen molar-refractivity contribution in [2.75, 3.05) is 6.26 Å². The van der Waals surface area contributed by atoms with Crippen LogP contribution in [0.1, 0.15) is 24.3 Å². The van der Waals surface area contributed by atoms with E-state index in [0.29, 0.717) is 5.69 Å². The van der Waals surface area contributed by atoms with Gasteiger partial charge in [0.25, 0.3) is 0 Å². The Hall–Kier alpha value is -1.10. The van der Waals surface area contributed by atoms with Crippen molar-refractivity contribution in [3.63, 3.8) is 0 Å². The molecule has 0 bridgehead atoms. The predicted octanol–water partition coefficient (Wildman–Crippen LogP) is 1.02. The van der Waals surface area contributed by atoms with Gasteiger partial charge in [0.2, 0.25) is 0 Å². The van der Waals surface area contributed by atoms with E-state index in [4.69, 9.17) is 0 Å². The highest BCUT2D eigenvalue weighted by molar-refractivity contribution is 7.92. The first-order chi connectivity index (χ1) is 6.27. The van der Waals surface area contributed by atoms with Crippen LogP contribution in [0.3, 0.4) is 0 Å². The first kappa shape index (κ1) is 11.0. The Morgan fingerprint density at radius 1 is 1.43 bits per heavy atom. The Balaban J connectivity index is 3.14. The van der Waals surface area contributed by atoms with E-state index >= 15 is 0 Å². The molecular weight excluding hydrogens is 202 g/mol. The lowest BCUT2D eigenvalue weighted by molar-refractivity contribution is 0.0950. The van der Waals surface area contributed by atoms with Crippen molar-refractivity contribution in [2.45, 2.75) is 18.6 Å². The fourth-order valence-corrected chi connectivity index (χ4v) is 1.41. The number of ketones is 1. The fraction of sp³-hybridized carbons (Fsp3) is 0.444. The molecule has 78 valence electrons. The zero-order valence-electron chi connectivity index (χ0n) is 8.37. The maximum atomic E-state index is 11.8. The van der Waals surface area contributed by atoms with Crippen LogP contribution in [0.2, 0.25) is 0 Å². The van der Waals surface area contributed by atoms with Gasteiger partial charge in [-0.2, -0.15) is 0 Å². The molecule has 0 amide bonds. The van der Waals surface area contributed by atoms with Gasteiger partial charge in [0, 0.05) is 12.5 Å². The molecule has 0 aromatic carbocycles. The number of hydrogen-bond acceptors (Lipinski definition) is 3. The number of H-pyrrole nitrogens is 1. The van der Waals surface area contributed by atoms with E-state index in [1.54, 1.807) is 18.3 Å². The summed E-state index contributed by atoms with van der Waals surface area (Å²) in [6, 6.07) is 3.22. The van der Waals surface area contributed by atoms with Gasteiger partial charge in [-0.15, -0.1) is 0 Å². The third-order valence-electron chi connectivity index (χ3n) is 2.32. The third-order valence-corrected chi connectivity index (χ3v) is 4.36. The normalized spacial score (nSPS) is 12.8. The Morgan fingerprint density at radius 3 is 2.36 bits per heavy atom. The molecule has 0 fully saturated rings. The third kappa shape index (κ3) is 1.72. The van der Waals surface area contributed by atoms with Gasteiger partial charge in [-0.05, 0) is 26.0 Å². The number of Topliss-reactive ketones (excluding diaryl/α,β-unsaturated/α-hetero) is 1. The molecule has 0 saturated heterocycles. The van der Waals surface area contributed by atoms with Crippen molar-refractivity contribution in [1.82, 2.24) is 4.98 Å². The van der Waals surface area contributed by atoms with Gasteiger partial charge in [-0.25, -0.2) is 8.42 Å². The lowest BCUT2D eigenvalue weighted by Crippen LogP contribution is -2.40. The Kier molecular flexibility index (Phi) is 2.54. The summed E-state index contributed by atoms with van der Waals surface area (Å²) in [5.74, 6) is -0.412. The maximum Gasteiger partial charge on any atom is 0.199 e. The van der Waals surface area contributed by atoms with E-state index < -0.39 is 20.4 Å². The predicted molar refractivity (Wildman–Crippen MR) is 54.0 cm³/mol. The minimum absolute atomic E-state index is 0.320. The van der Waals surface area contributed by atoms with E-state index in [1.165, 1.54) is 13.8 Å². The van der Waals surface area contributed by atoms with Gasteiger partial charge < -0.3 is 4.98 Å². The van der Waals surface area contributed by atoms with Gasteiger partial charge >= 0.3 is 0 Å². The molecule has 14 heavy (non-hydrogen) atoms. The van der Waals surface area contributed by atoms with E-state index in [0.717, 1.165) is 6.26 Å². The standard InChI is InChI=1S/C9H13NO3S/c1-9(2,14(3,12)13)8(11)7-5-4-6-10-7/h4-6,10H,1-3H3. The Morgan fingerprint density at radius 2 is 2.00 bits per heavy atom. The van der Waals surface area contributed by atoms with E-state index in [2.05, 4.69) is 4.98 Å². The second-order valence-electron chi connectivity index (χ2n) is 3.70. The molecule has 0 aliphatic heterocycles. The first-order valence-corrected chi connectivity index (χ1v) is 6.04. The summed E-state index contributed by atoms with van der Waals surface area (Å²) in [5.41, 5.74) is 0.320. The first-order valence-electron chi connectivity index (χ1n) is 4.14. The molecule has 1 N–H and O–H groups in total. The molecule has 1 aromatic rings. The van der Waals surface area contributed by atoms with Crippen molar-refractivity contribution in [1.29, 1.82) is 0 Å². The number of hydrogen-bond donors (Lipinski definition) is 1. The number of carbonyl (C=O) groups excluding carboxylic acids is 1. The van der Waals surface area contributed by atoms with Gasteiger partial charge in [-0.1, -0.05) is 0 Å². The highest BCUT2D eigenvalue weighted by atomic mass is 32.2. The van der Waals surface area contributed by atoms with Gasteiger partial charge in [0.15, 0.2) is 15.6 Å². The average Bonchev–Trinajstić information content (AvgIpc) is 2.52. The number of nitrogens with one attached hydrogen (secondary N) is 1. The highest BCUT2D eigenvalue weighted by Crippen LogP contribution is 2.20. The van der Waals surface area contributed by atoms with Crippen LogP contribution in [-0.4, -0.2) is 30.2 Å². The van der Waals surface area contributed by atoms with Gasteiger partial charge in [-0.3, -0.25) is 4.79 Å². The number of aromatic nitrogens is 1. The lowest BCUT2D eigenvalue weighted by atomic mass is 10.1. The molecule has 0 atom stereocenters. The van der Waals surface area contributed by atoms with Crippen LogP contribution in [0.25, 0.3) is 0 Å². The fourth-order valence-electron chi connectivity index (χ4n) is 0.964. The summed E-state index contributed by atoms with van der Waals surface area (Å²) < 4.78 is 21.3. The number of rotatable bonds is 3. The largest absolute Gasteiger partial charge is 0.359 e. The molecule has 1 heterocycles. The molecule has 0 radical (unpaired) electrons. The molecule has 5 heteroatoms. The average molecular weight is 215 g/mol. The van der Waals surface area contributed by atoms with Gasteiger partial charge in [0.05, 0.1) is 5.69 Å². The van der Waals surface area contributed by atoms with Crippen molar-refractivity contribution in [2.24, 2.45) is 0 Å². The number of carbonyl (C=O) groups is 1. The van der Waals surface area contributed by atoms with Crippen molar-refractivity contribution < 1.29 is 13.2 Å². The summed E-state index contributed by atoms with van der Waals surface area (Å²) in [6.45, 7) is 2.82. The topological polar surface area (TPSA) is 67.0 Å². The molecule has 0 aliphatic rings. The van der Waals surface area contributed by atoms with E-state index in [1.807, 2.05) is 0 Å². The minimum Gasteiger partial charge on any atom is -0.359 e. The molecule has 0 saturated carbocycles. The van der Waals surface area contributed by atoms with Crippen LogP contribution in [0.5, 0.6) is 0 Å². The van der Waals surface area contributed by atoms with Crippen molar-refractivity contribution in [3.8, 4) is 0 Å². The number of aromatic amines is 1. The molecule has 0 spiro atoms. The van der Waals surface area contributed by atoms with Crippen LogP contribution in [0, 0.1) is 0 Å². The van der Waals surface area contributed by atoms with E-state index in [-0.39, 0.29) is 0 Å². The second-order valence-corrected chi connectivity index (χ2v) is 6.26. The van der Waals surface area contributed by atoms with E-state index in [9.17, 15) is 13.2 Å². The maximum absolute atomic E-state index is 11.8. The summed E-state index contributed by atoms with van der Waals surface area (Å²) in [7, 11) is -3.40. The minimum atomic E-state index is -3.40. The zero-order valence-corrected chi connectivity index (χ0v) is 9.18. The highest BCUT2D eigenvalue weighted by Gasteiger charge is 2.39. The number of sulfone groups is 1. The summed E-state index contributed by atoms with van der Waals surface area (Å²) in [6.07, 6.45) is 2.65. The molecule has 0 aliphatic carbocycles. The Bertz CT molecular complexity index is 429.